The van der Waals surface area contributed by atoms with Gasteiger partial charge in [-0.2, -0.15) is 0 Å². The number of carbonyl (C=O) groups is 1. The van der Waals surface area contributed by atoms with Crippen molar-refractivity contribution in [2.75, 3.05) is 0 Å². The molecule has 0 aliphatic heterocycles. The predicted molar refractivity (Wildman–Crippen MR) is 66.9 cm³/mol. The maximum absolute atomic E-state index is 10.6. The molecule has 0 spiro atoms. The molecular formula is C13H16N2O2. The lowest BCUT2D eigenvalue weighted by Gasteiger charge is -2.06. The van der Waals surface area contributed by atoms with Crippen molar-refractivity contribution in [2.45, 2.75) is 18.9 Å². The Labute approximate surface area is 99.7 Å². The van der Waals surface area contributed by atoms with Crippen molar-refractivity contribution >= 4 is 16.9 Å². The first-order valence-corrected chi connectivity index (χ1v) is 5.60. The summed E-state index contributed by atoms with van der Waals surface area (Å²) in [7, 11) is 2.00. The monoisotopic (exact) mass is 232 g/mol. The molecule has 1 heterocycles. The Morgan fingerprint density at radius 2 is 2.24 bits per heavy atom. The van der Waals surface area contributed by atoms with E-state index in [9.17, 15) is 4.79 Å². The third kappa shape index (κ3) is 2.47. The molecule has 17 heavy (non-hydrogen) atoms. The van der Waals surface area contributed by atoms with Crippen LogP contribution in [0.3, 0.4) is 0 Å². The molecule has 1 unspecified atom stereocenters. The molecule has 0 aliphatic rings. The average Bonchev–Trinajstić information content (AvgIpc) is 2.68. The molecule has 1 aromatic carbocycles. The lowest BCUT2D eigenvalue weighted by atomic mass is 10.0. The fourth-order valence-corrected chi connectivity index (χ4v) is 1.91. The van der Waals surface area contributed by atoms with Crippen LogP contribution in [-0.4, -0.2) is 21.7 Å². The molecule has 0 aliphatic carbocycles. The number of nitrogens with zero attached hydrogens (tertiary/aromatic N) is 1. The highest BCUT2D eigenvalue weighted by Gasteiger charge is 2.11. The zero-order chi connectivity index (χ0) is 12.4. The van der Waals surface area contributed by atoms with Crippen LogP contribution >= 0.6 is 0 Å². The van der Waals surface area contributed by atoms with E-state index in [1.54, 1.807) is 0 Å². The molecule has 1 aromatic heterocycles. The quantitative estimate of drug-likeness (QED) is 0.839. The maximum atomic E-state index is 10.6. The van der Waals surface area contributed by atoms with E-state index < -0.39 is 12.0 Å². The predicted octanol–water partition coefficient (Wildman–Crippen LogP) is 1.52. The molecule has 0 saturated heterocycles. The smallest absolute Gasteiger partial charge is 0.320 e. The van der Waals surface area contributed by atoms with Gasteiger partial charge in [0.15, 0.2) is 0 Å². The number of hydrogen-bond donors (Lipinski definition) is 2. The van der Waals surface area contributed by atoms with Crippen LogP contribution in [0.15, 0.2) is 30.5 Å². The van der Waals surface area contributed by atoms with Crippen LogP contribution in [-0.2, 0) is 18.3 Å². The number of aromatic nitrogens is 1. The van der Waals surface area contributed by atoms with Crippen LogP contribution < -0.4 is 5.73 Å². The first-order chi connectivity index (χ1) is 8.08. The summed E-state index contributed by atoms with van der Waals surface area (Å²) in [5.41, 5.74) is 7.76. The van der Waals surface area contributed by atoms with E-state index in [-0.39, 0.29) is 0 Å². The van der Waals surface area contributed by atoms with Crippen LogP contribution in [0.25, 0.3) is 10.9 Å². The Kier molecular flexibility index (Phi) is 3.15. The van der Waals surface area contributed by atoms with Gasteiger partial charge < -0.3 is 15.4 Å². The average molecular weight is 232 g/mol. The van der Waals surface area contributed by atoms with Crippen molar-refractivity contribution in [1.29, 1.82) is 0 Å². The molecule has 0 radical (unpaired) electrons. The van der Waals surface area contributed by atoms with Crippen molar-refractivity contribution < 1.29 is 9.90 Å². The number of carboxylic acid groups (broad SMARTS) is 1. The van der Waals surface area contributed by atoms with E-state index in [0.717, 1.165) is 11.1 Å². The highest BCUT2D eigenvalue weighted by Crippen LogP contribution is 2.17. The first-order valence-electron chi connectivity index (χ1n) is 5.60. The van der Waals surface area contributed by atoms with Gasteiger partial charge in [-0.05, 0) is 35.9 Å². The number of benzene rings is 1. The van der Waals surface area contributed by atoms with Gasteiger partial charge in [0.2, 0.25) is 0 Å². The van der Waals surface area contributed by atoms with Gasteiger partial charge in [0, 0.05) is 18.8 Å². The molecule has 3 N–H and O–H groups in total. The van der Waals surface area contributed by atoms with Crippen molar-refractivity contribution in [2.24, 2.45) is 12.8 Å². The Morgan fingerprint density at radius 1 is 1.47 bits per heavy atom. The summed E-state index contributed by atoms with van der Waals surface area (Å²) in [6.45, 7) is 0. The SMILES string of the molecule is Cn1ccc2ccc(CCC(N)C(=O)O)cc21. The standard InChI is InChI=1S/C13H16N2O2/c1-15-7-6-10-4-2-9(8-12(10)15)3-5-11(14)13(16)17/h2,4,6-8,11H,3,5,14H2,1H3,(H,16,17). The number of aryl methyl sites for hydroxylation is 2. The summed E-state index contributed by atoms with van der Waals surface area (Å²) >= 11 is 0. The van der Waals surface area contributed by atoms with Gasteiger partial charge in [-0.1, -0.05) is 12.1 Å². The van der Waals surface area contributed by atoms with Crippen LogP contribution in [0.5, 0.6) is 0 Å². The molecule has 0 saturated carbocycles. The summed E-state index contributed by atoms with van der Waals surface area (Å²) in [5.74, 6) is -0.940. The van der Waals surface area contributed by atoms with Crippen LogP contribution in [0.4, 0.5) is 0 Å². The second-order valence-corrected chi connectivity index (χ2v) is 4.30. The zero-order valence-corrected chi connectivity index (χ0v) is 9.76. The van der Waals surface area contributed by atoms with E-state index >= 15 is 0 Å². The Morgan fingerprint density at radius 3 is 2.94 bits per heavy atom. The molecule has 2 rings (SSSR count). The Hall–Kier alpha value is -1.81. The molecule has 0 fully saturated rings. The van der Waals surface area contributed by atoms with Gasteiger partial charge in [-0.3, -0.25) is 4.79 Å². The van der Waals surface area contributed by atoms with Crippen molar-refractivity contribution in [3.8, 4) is 0 Å². The number of aliphatic carboxylic acids is 1. The van der Waals surface area contributed by atoms with Crippen molar-refractivity contribution in [3.05, 3.63) is 36.0 Å². The third-order valence-electron chi connectivity index (χ3n) is 3.01. The highest BCUT2D eigenvalue weighted by molar-refractivity contribution is 5.80. The summed E-state index contributed by atoms with van der Waals surface area (Å²) in [5, 5.41) is 9.91. The summed E-state index contributed by atoms with van der Waals surface area (Å²) < 4.78 is 2.05. The van der Waals surface area contributed by atoms with E-state index in [1.165, 1.54) is 5.39 Å². The molecular weight excluding hydrogens is 216 g/mol. The van der Waals surface area contributed by atoms with E-state index in [4.69, 9.17) is 10.8 Å². The Bertz CT molecular complexity index is 545. The number of rotatable bonds is 4. The van der Waals surface area contributed by atoms with Gasteiger partial charge in [0.05, 0.1) is 0 Å². The fraction of sp³-hybridized carbons (Fsp3) is 0.308. The molecule has 4 heteroatoms. The van der Waals surface area contributed by atoms with Gasteiger partial charge in [-0.15, -0.1) is 0 Å². The van der Waals surface area contributed by atoms with Gasteiger partial charge >= 0.3 is 5.97 Å². The topological polar surface area (TPSA) is 68.2 Å². The molecule has 0 bridgehead atoms. The number of nitrogens with two attached hydrogens (primary N) is 1. The number of fused-ring (bicyclic) bond motifs is 1. The summed E-state index contributed by atoms with van der Waals surface area (Å²) in [6.07, 6.45) is 3.16. The first kappa shape index (κ1) is 11.7. The van der Waals surface area contributed by atoms with Crippen molar-refractivity contribution in [1.82, 2.24) is 4.57 Å². The van der Waals surface area contributed by atoms with E-state index in [2.05, 4.69) is 22.8 Å². The second kappa shape index (κ2) is 4.59. The summed E-state index contributed by atoms with van der Waals surface area (Å²) in [4.78, 5) is 10.6. The number of hydrogen-bond acceptors (Lipinski definition) is 2. The Balaban J connectivity index is 2.14. The zero-order valence-electron chi connectivity index (χ0n) is 9.76. The molecule has 0 amide bonds. The minimum Gasteiger partial charge on any atom is -0.480 e. The highest BCUT2D eigenvalue weighted by atomic mass is 16.4. The molecule has 2 aromatic rings. The lowest BCUT2D eigenvalue weighted by Crippen LogP contribution is -2.30. The van der Waals surface area contributed by atoms with Crippen LogP contribution in [0.1, 0.15) is 12.0 Å². The minimum absolute atomic E-state index is 0.464. The lowest BCUT2D eigenvalue weighted by molar-refractivity contribution is -0.138. The number of carboxylic acids is 1. The third-order valence-corrected chi connectivity index (χ3v) is 3.01. The van der Waals surface area contributed by atoms with Gasteiger partial charge in [0.25, 0.3) is 0 Å². The molecule has 1 atom stereocenters. The molecule has 4 nitrogen and oxygen atoms in total. The summed E-state index contributed by atoms with van der Waals surface area (Å²) in [6, 6.07) is 7.44. The largest absolute Gasteiger partial charge is 0.480 e. The van der Waals surface area contributed by atoms with Crippen LogP contribution in [0, 0.1) is 0 Å². The normalized spacial score (nSPS) is 12.8. The molecule has 90 valence electrons. The second-order valence-electron chi connectivity index (χ2n) is 4.30. The van der Waals surface area contributed by atoms with Crippen molar-refractivity contribution in [3.63, 3.8) is 0 Å². The van der Waals surface area contributed by atoms with Crippen LogP contribution in [0.2, 0.25) is 0 Å². The van der Waals surface area contributed by atoms with E-state index in [1.807, 2.05) is 19.3 Å². The van der Waals surface area contributed by atoms with E-state index in [0.29, 0.717) is 12.8 Å². The fourth-order valence-electron chi connectivity index (χ4n) is 1.91. The maximum Gasteiger partial charge on any atom is 0.320 e. The van der Waals surface area contributed by atoms with Gasteiger partial charge in [-0.25, -0.2) is 0 Å². The van der Waals surface area contributed by atoms with Gasteiger partial charge in [0.1, 0.15) is 6.04 Å². The minimum atomic E-state index is -0.940.